The molecule has 1 atom stereocenters. The van der Waals surface area contributed by atoms with Crippen LogP contribution in [0.25, 0.3) is 0 Å². The molecule has 1 aromatic carbocycles. The zero-order chi connectivity index (χ0) is 14.9. The Morgan fingerprint density at radius 1 is 1.40 bits per heavy atom. The summed E-state index contributed by atoms with van der Waals surface area (Å²) in [5, 5.41) is 7.82. The SMILES string of the molecule is CCn1c([C@H](C)Oc2cc(C)c(Cl)c(C)c2)n[nH]c1=S. The molecule has 0 aliphatic rings. The van der Waals surface area contributed by atoms with E-state index in [9.17, 15) is 0 Å². The lowest BCUT2D eigenvalue weighted by Gasteiger charge is -2.16. The van der Waals surface area contributed by atoms with Crippen LogP contribution in [0.1, 0.15) is 36.9 Å². The summed E-state index contributed by atoms with van der Waals surface area (Å²) in [6.45, 7) is 8.68. The molecule has 6 heteroatoms. The molecule has 0 aliphatic carbocycles. The summed E-state index contributed by atoms with van der Waals surface area (Å²) >= 11 is 11.3. The highest BCUT2D eigenvalue weighted by atomic mass is 35.5. The number of nitrogens with zero attached hydrogens (tertiary/aromatic N) is 2. The number of hydrogen-bond acceptors (Lipinski definition) is 3. The average Bonchev–Trinajstić information content (AvgIpc) is 2.77. The summed E-state index contributed by atoms with van der Waals surface area (Å²) in [6, 6.07) is 3.87. The molecule has 108 valence electrons. The van der Waals surface area contributed by atoms with Crippen molar-refractivity contribution in [1.29, 1.82) is 0 Å². The lowest BCUT2D eigenvalue weighted by Crippen LogP contribution is -2.11. The van der Waals surface area contributed by atoms with Crippen molar-refractivity contribution in [3.8, 4) is 5.75 Å². The van der Waals surface area contributed by atoms with Gasteiger partial charge in [0.25, 0.3) is 0 Å². The summed E-state index contributed by atoms with van der Waals surface area (Å²) in [6.07, 6.45) is -0.192. The first-order chi connectivity index (χ1) is 9.43. The monoisotopic (exact) mass is 311 g/mol. The maximum Gasteiger partial charge on any atom is 0.195 e. The van der Waals surface area contributed by atoms with E-state index in [0.29, 0.717) is 4.77 Å². The Hall–Kier alpha value is -1.33. The number of ether oxygens (including phenoxy) is 1. The third-order valence-electron chi connectivity index (χ3n) is 3.19. The zero-order valence-corrected chi connectivity index (χ0v) is 13.6. The lowest BCUT2D eigenvalue weighted by atomic mass is 10.1. The molecular formula is C14H18ClN3OS. The standard InChI is InChI=1S/C14H18ClN3OS/c1-5-18-13(16-17-14(18)20)10(4)19-11-6-8(2)12(15)9(3)7-11/h6-7,10H,5H2,1-4H3,(H,17,20)/t10-/m0/s1. The fourth-order valence-corrected chi connectivity index (χ4v) is 2.55. The fourth-order valence-electron chi connectivity index (χ4n) is 2.18. The van der Waals surface area contributed by atoms with Gasteiger partial charge in [0, 0.05) is 11.6 Å². The van der Waals surface area contributed by atoms with Crippen LogP contribution in [0, 0.1) is 18.6 Å². The molecule has 0 fully saturated rings. The van der Waals surface area contributed by atoms with Crippen LogP contribution in [0.15, 0.2) is 12.1 Å². The molecule has 0 saturated carbocycles. The van der Waals surface area contributed by atoms with Crippen molar-refractivity contribution in [2.75, 3.05) is 0 Å². The van der Waals surface area contributed by atoms with E-state index in [-0.39, 0.29) is 6.10 Å². The van der Waals surface area contributed by atoms with Gasteiger partial charge < -0.3 is 9.30 Å². The number of H-pyrrole nitrogens is 1. The summed E-state index contributed by atoms with van der Waals surface area (Å²) in [4.78, 5) is 0. The van der Waals surface area contributed by atoms with Gasteiger partial charge in [-0.25, -0.2) is 0 Å². The van der Waals surface area contributed by atoms with Crippen molar-refractivity contribution in [3.63, 3.8) is 0 Å². The van der Waals surface area contributed by atoms with Crippen molar-refractivity contribution >= 4 is 23.8 Å². The van der Waals surface area contributed by atoms with Gasteiger partial charge in [-0.2, -0.15) is 5.10 Å². The third kappa shape index (κ3) is 2.88. The first-order valence-electron chi connectivity index (χ1n) is 6.52. The zero-order valence-electron chi connectivity index (χ0n) is 12.0. The Labute approximate surface area is 128 Å². The number of hydrogen-bond donors (Lipinski definition) is 1. The van der Waals surface area contributed by atoms with Gasteiger partial charge >= 0.3 is 0 Å². The minimum Gasteiger partial charge on any atom is -0.483 e. The number of nitrogens with one attached hydrogen (secondary N) is 1. The third-order valence-corrected chi connectivity index (χ3v) is 4.10. The van der Waals surface area contributed by atoms with Crippen LogP contribution in [-0.2, 0) is 6.54 Å². The van der Waals surface area contributed by atoms with Crippen molar-refractivity contribution in [1.82, 2.24) is 14.8 Å². The predicted molar refractivity (Wildman–Crippen MR) is 83.1 cm³/mol. The molecule has 0 aliphatic heterocycles. The molecule has 0 unspecified atom stereocenters. The van der Waals surface area contributed by atoms with Crippen molar-refractivity contribution < 1.29 is 4.74 Å². The summed E-state index contributed by atoms with van der Waals surface area (Å²) < 4.78 is 8.50. The van der Waals surface area contributed by atoms with Gasteiger partial charge in [0.2, 0.25) is 0 Å². The molecule has 4 nitrogen and oxygen atoms in total. The van der Waals surface area contributed by atoms with Crippen molar-refractivity contribution in [2.24, 2.45) is 0 Å². The van der Waals surface area contributed by atoms with Crippen LogP contribution in [0.3, 0.4) is 0 Å². The van der Waals surface area contributed by atoms with Crippen LogP contribution in [0.2, 0.25) is 5.02 Å². The predicted octanol–water partition coefficient (Wildman–Crippen LogP) is 4.37. The minimum atomic E-state index is -0.192. The number of rotatable bonds is 4. The highest BCUT2D eigenvalue weighted by Crippen LogP contribution is 2.28. The topological polar surface area (TPSA) is 42.8 Å². The number of aryl methyl sites for hydroxylation is 2. The van der Waals surface area contributed by atoms with E-state index in [2.05, 4.69) is 10.2 Å². The van der Waals surface area contributed by atoms with Crippen LogP contribution in [0.4, 0.5) is 0 Å². The van der Waals surface area contributed by atoms with Crippen LogP contribution in [-0.4, -0.2) is 14.8 Å². The number of benzene rings is 1. The van der Waals surface area contributed by atoms with E-state index in [1.165, 1.54) is 0 Å². The van der Waals surface area contributed by atoms with Crippen LogP contribution < -0.4 is 4.74 Å². The van der Waals surface area contributed by atoms with Crippen LogP contribution >= 0.6 is 23.8 Å². The quantitative estimate of drug-likeness (QED) is 0.853. The largest absolute Gasteiger partial charge is 0.483 e. The van der Waals surface area contributed by atoms with Gasteiger partial charge in [0.15, 0.2) is 16.7 Å². The van der Waals surface area contributed by atoms with E-state index in [0.717, 1.165) is 34.3 Å². The highest BCUT2D eigenvalue weighted by molar-refractivity contribution is 7.71. The Bertz CT molecular complexity index is 654. The first kappa shape index (κ1) is 15.1. The summed E-state index contributed by atoms with van der Waals surface area (Å²) in [5.41, 5.74) is 2.01. The number of aromatic amines is 1. The molecule has 0 radical (unpaired) electrons. The summed E-state index contributed by atoms with van der Waals surface area (Å²) in [7, 11) is 0. The van der Waals surface area contributed by atoms with Gasteiger partial charge in [-0.05, 0) is 63.2 Å². The van der Waals surface area contributed by atoms with Gasteiger partial charge in [-0.3, -0.25) is 5.10 Å². The lowest BCUT2D eigenvalue weighted by molar-refractivity contribution is 0.210. The number of halogens is 1. The van der Waals surface area contributed by atoms with Gasteiger partial charge in [-0.15, -0.1) is 0 Å². The average molecular weight is 312 g/mol. The van der Waals surface area contributed by atoms with E-state index in [4.69, 9.17) is 28.6 Å². The maximum absolute atomic E-state index is 6.16. The molecule has 1 N–H and O–H groups in total. The van der Waals surface area contributed by atoms with Gasteiger partial charge in [-0.1, -0.05) is 11.6 Å². The fraction of sp³-hybridized carbons (Fsp3) is 0.429. The summed E-state index contributed by atoms with van der Waals surface area (Å²) in [5.74, 6) is 1.58. The van der Waals surface area contributed by atoms with Crippen molar-refractivity contribution in [2.45, 2.75) is 40.3 Å². The Morgan fingerprint density at radius 3 is 2.55 bits per heavy atom. The molecule has 2 aromatic rings. The Kier molecular flexibility index (Phi) is 4.50. The highest BCUT2D eigenvalue weighted by Gasteiger charge is 2.15. The van der Waals surface area contributed by atoms with E-state index < -0.39 is 0 Å². The molecule has 2 rings (SSSR count). The van der Waals surface area contributed by atoms with E-state index in [1.807, 2.05) is 44.4 Å². The van der Waals surface area contributed by atoms with E-state index >= 15 is 0 Å². The second-order valence-electron chi connectivity index (χ2n) is 4.76. The maximum atomic E-state index is 6.16. The van der Waals surface area contributed by atoms with Crippen LogP contribution in [0.5, 0.6) is 5.75 Å². The van der Waals surface area contributed by atoms with Crippen molar-refractivity contribution in [3.05, 3.63) is 38.9 Å². The molecule has 0 bridgehead atoms. The minimum absolute atomic E-state index is 0.192. The molecular weight excluding hydrogens is 294 g/mol. The second-order valence-corrected chi connectivity index (χ2v) is 5.53. The second kappa shape index (κ2) is 5.97. The number of aromatic nitrogens is 3. The Morgan fingerprint density at radius 2 is 2.00 bits per heavy atom. The van der Waals surface area contributed by atoms with Gasteiger partial charge in [0.05, 0.1) is 0 Å². The smallest absolute Gasteiger partial charge is 0.195 e. The Balaban J connectivity index is 2.28. The normalized spacial score (nSPS) is 12.4. The molecule has 0 amide bonds. The first-order valence-corrected chi connectivity index (χ1v) is 7.31. The molecule has 20 heavy (non-hydrogen) atoms. The molecule has 1 aromatic heterocycles. The molecule has 1 heterocycles. The van der Waals surface area contributed by atoms with E-state index in [1.54, 1.807) is 0 Å². The van der Waals surface area contributed by atoms with Gasteiger partial charge in [0.1, 0.15) is 5.75 Å². The molecule has 0 saturated heterocycles. The molecule has 0 spiro atoms.